The Kier molecular flexibility index (Phi) is 3.94. The second-order valence-electron chi connectivity index (χ2n) is 3.61. The predicted molar refractivity (Wildman–Crippen MR) is 58.9 cm³/mol. The molecule has 14 heavy (non-hydrogen) atoms. The summed E-state index contributed by atoms with van der Waals surface area (Å²) in [6, 6.07) is 10.6. The van der Waals surface area contributed by atoms with E-state index in [1.165, 1.54) is 11.1 Å². The van der Waals surface area contributed by atoms with Gasteiger partial charge in [-0.15, -0.1) is 0 Å². The van der Waals surface area contributed by atoms with Crippen molar-refractivity contribution >= 4 is 0 Å². The van der Waals surface area contributed by atoms with Crippen LogP contribution in [0.1, 0.15) is 24.5 Å². The van der Waals surface area contributed by atoms with Gasteiger partial charge in [0.25, 0.3) is 0 Å². The van der Waals surface area contributed by atoms with Crippen molar-refractivity contribution in [2.75, 3.05) is 0 Å². The minimum Gasteiger partial charge on any atom is -0.193 e. The zero-order chi connectivity index (χ0) is 10.4. The minimum atomic E-state index is 0.969. The Hall–Kier alpha value is -1.55. The van der Waals surface area contributed by atoms with Crippen LogP contribution in [0.25, 0.3) is 0 Å². The molecule has 0 atom stereocenters. The summed E-state index contributed by atoms with van der Waals surface area (Å²) in [5.74, 6) is 0. The quantitative estimate of drug-likeness (QED) is 0.662. The topological polar surface area (TPSA) is 23.8 Å². The van der Waals surface area contributed by atoms with Gasteiger partial charge < -0.3 is 0 Å². The van der Waals surface area contributed by atoms with Gasteiger partial charge in [-0.25, -0.2) is 0 Å². The summed E-state index contributed by atoms with van der Waals surface area (Å²) in [6.45, 7) is 4.09. The molecule has 0 spiro atoms. The summed E-state index contributed by atoms with van der Waals surface area (Å²) >= 11 is 0. The largest absolute Gasteiger partial charge is 0.193 e. The van der Waals surface area contributed by atoms with Gasteiger partial charge in [-0.2, -0.15) is 5.26 Å². The summed E-state index contributed by atoms with van der Waals surface area (Å²) in [4.78, 5) is 0. The van der Waals surface area contributed by atoms with Crippen LogP contribution in [0.2, 0.25) is 0 Å². The Morgan fingerprint density at radius 1 is 1.36 bits per heavy atom. The first kappa shape index (κ1) is 10.5. The van der Waals surface area contributed by atoms with Crippen molar-refractivity contribution in [2.24, 2.45) is 0 Å². The zero-order valence-electron chi connectivity index (χ0n) is 8.75. The molecule has 0 radical (unpaired) electrons. The van der Waals surface area contributed by atoms with Crippen LogP contribution in [0, 0.1) is 18.3 Å². The zero-order valence-corrected chi connectivity index (χ0v) is 8.75. The molecule has 0 unspecified atom stereocenters. The fraction of sp³-hybridized carbons (Fsp3) is 0.308. The highest BCUT2D eigenvalue weighted by Crippen LogP contribution is 2.09. The Bertz CT molecular complexity index is 352. The molecule has 0 aromatic heterocycles. The van der Waals surface area contributed by atoms with Gasteiger partial charge in [0.15, 0.2) is 0 Å². The van der Waals surface area contributed by atoms with Crippen molar-refractivity contribution in [1.82, 2.24) is 0 Å². The van der Waals surface area contributed by atoms with Crippen LogP contribution in [-0.4, -0.2) is 0 Å². The molecule has 1 nitrogen and oxygen atoms in total. The van der Waals surface area contributed by atoms with Gasteiger partial charge in [-0.3, -0.25) is 0 Å². The molecule has 72 valence electrons. The van der Waals surface area contributed by atoms with E-state index in [-0.39, 0.29) is 0 Å². The van der Waals surface area contributed by atoms with Gasteiger partial charge in [0, 0.05) is 6.08 Å². The Labute approximate surface area is 85.7 Å². The number of nitrogens with zero attached hydrogens (tertiary/aromatic N) is 1. The maximum Gasteiger partial charge on any atom is 0.0911 e. The third kappa shape index (κ3) is 3.45. The van der Waals surface area contributed by atoms with Crippen LogP contribution in [0.3, 0.4) is 0 Å². The summed E-state index contributed by atoms with van der Waals surface area (Å²) in [6.07, 6.45) is 3.61. The molecule has 0 bridgehead atoms. The molecule has 0 saturated carbocycles. The number of allylic oxidation sites excluding steroid dienone is 2. The van der Waals surface area contributed by atoms with Crippen LogP contribution in [0.4, 0.5) is 0 Å². The predicted octanol–water partition coefficient (Wildman–Crippen LogP) is 3.40. The summed E-state index contributed by atoms with van der Waals surface area (Å²) < 4.78 is 0. The van der Waals surface area contributed by atoms with E-state index in [1.54, 1.807) is 6.08 Å². The Morgan fingerprint density at radius 3 is 2.57 bits per heavy atom. The van der Waals surface area contributed by atoms with E-state index >= 15 is 0 Å². The summed E-state index contributed by atoms with van der Waals surface area (Å²) in [5.41, 5.74) is 3.77. The van der Waals surface area contributed by atoms with Crippen LogP contribution >= 0.6 is 0 Å². The van der Waals surface area contributed by atoms with Gasteiger partial charge in [-0.1, -0.05) is 35.4 Å². The average Bonchev–Trinajstić information content (AvgIpc) is 2.17. The van der Waals surface area contributed by atoms with Gasteiger partial charge in [0.1, 0.15) is 0 Å². The summed E-state index contributed by atoms with van der Waals surface area (Å²) in [5, 5.41) is 8.44. The van der Waals surface area contributed by atoms with E-state index < -0.39 is 0 Å². The average molecular weight is 185 g/mol. The smallest absolute Gasteiger partial charge is 0.0911 e. The maximum absolute atomic E-state index is 8.44. The van der Waals surface area contributed by atoms with Crippen molar-refractivity contribution in [3.05, 3.63) is 47.0 Å². The molecule has 0 aliphatic heterocycles. The maximum atomic E-state index is 8.44. The van der Waals surface area contributed by atoms with Crippen LogP contribution < -0.4 is 0 Å². The lowest BCUT2D eigenvalue weighted by Gasteiger charge is -2.01. The molecule has 0 amide bonds. The molecule has 1 rings (SSSR count). The lowest BCUT2D eigenvalue weighted by molar-refractivity contribution is 0.941. The second-order valence-corrected chi connectivity index (χ2v) is 3.61. The normalized spacial score (nSPS) is 11.1. The first-order valence-corrected chi connectivity index (χ1v) is 4.83. The monoisotopic (exact) mass is 185 g/mol. The molecule has 1 heteroatoms. The molecule has 1 aromatic rings. The molecule has 0 fully saturated rings. The number of hydrogen-bond donors (Lipinski definition) is 0. The number of rotatable bonds is 3. The summed E-state index contributed by atoms with van der Waals surface area (Å²) in [7, 11) is 0. The molecular weight excluding hydrogens is 170 g/mol. The highest BCUT2D eigenvalue weighted by Gasteiger charge is 1.94. The molecule has 1 aromatic carbocycles. The van der Waals surface area contributed by atoms with Crippen molar-refractivity contribution in [3.8, 4) is 6.07 Å². The fourth-order valence-electron chi connectivity index (χ4n) is 1.28. The number of aryl methyl sites for hydroxylation is 2. The van der Waals surface area contributed by atoms with Gasteiger partial charge in [-0.05, 0) is 32.3 Å². The number of benzene rings is 1. The standard InChI is InChI=1S/C13H15N/c1-11-3-6-13(7-4-11)8-5-12(2)9-10-14/h3-4,6-7,9H,5,8H2,1-2H3/b12-9+. The molecule has 0 aliphatic carbocycles. The van der Waals surface area contributed by atoms with Crippen LogP contribution in [0.15, 0.2) is 35.9 Å². The van der Waals surface area contributed by atoms with E-state index in [2.05, 4.69) is 37.3 Å². The Balaban J connectivity index is 2.51. The SMILES string of the molecule is C/C(=C\C#N)CCc1ccc(C)cc1. The van der Waals surface area contributed by atoms with Gasteiger partial charge in [0.05, 0.1) is 6.07 Å². The number of nitriles is 1. The minimum absolute atomic E-state index is 0.969. The van der Waals surface area contributed by atoms with E-state index in [1.807, 2.05) is 6.92 Å². The highest BCUT2D eigenvalue weighted by molar-refractivity contribution is 5.22. The van der Waals surface area contributed by atoms with E-state index in [0.717, 1.165) is 18.4 Å². The van der Waals surface area contributed by atoms with Crippen molar-refractivity contribution in [1.29, 1.82) is 5.26 Å². The highest BCUT2D eigenvalue weighted by atomic mass is 14.2. The molecule has 0 aliphatic rings. The lowest BCUT2D eigenvalue weighted by atomic mass is 10.0. The molecule has 0 saturated heterocycles. The third-order valence-electron chi connectivity index (χ3n) is 2.24. The molecular formula is C13H15N. The Morgan fingerprint density at radius 2 is 2.00 bits per heavy atom. The van der Waals surface area contributed by atoms with E-state index in [0.29, 0.717) is 0 Å². The number of hydrogen-bond acceptors (Lipinski definition) is 1. The fourth-order valence-corrected chi connectivity index (χ4v) is 1.28. The lowest BCUT2D eigenvalue weighted by Crippen LogP contribution is -1.86. The van der Waals surface area contributed by atoms with Crippen molar-refractivity contribution in [2.45, 2.75) is 26.7 Å². The van der Waals surface area contributed by atoms with Crippen molar-refractivity contribution in [3.63, 3.8) is 0 Å². The molecule has 0 N–H and O–H groups in total. The first-order valence-electron chi connectivity index (χ1n) is 4.83. The third-order valence-corrected chi connectivity index (χ3v) is 2.24. The van der Waals surface area contributed by atoms with Gasteiger partial charge >= 0.3 is 0 Å². The van der Waals surface area contributed by atoms with E-state index in [4.69, 9.17) is 5.26 Å². The van der Waals surface area contributed by atoms with Crippen molar-refractivity contribution < 1.29 is 0 Å². The first-order chi connectivity index (χ1) is 6.72. The van der Waals surface area contributed by atoms with Crippen LogP contribution in [-0.2, 0) is 6.42 Å². The van der Waals surface area contributed by atoms with E-state index in [9.17, 15) is 0 Å². The van der Waals surface area contributed by atoms with Crippen LogP contribution in [0.5, 0.6) is 0 Å². The van der Waals surface area contributed by atoms with Gasteiger partial charge in [0.2, 0.25) is 0 Å². The second kappa shape index (κ2) is 5.24. The molecule has 0 heterocycles.